The van der Waals surface area contributed by atoms with Gasteiger partial charge in [-0.1, -0.05) is 0 Å². The smallest absolute Gasteiger partial charge is 0.410 e. The van der Waals surface area contributed by atoms with Crippen molar-refractivity contribution in [2.75, 3.05) is 32.7 Å². The molecule has 3 heterocycles. The van der Waals surface area contributed by atoms with Gasteiger partial charge in [0.1, 0.15) is 11.4 Å². The third kappa shape index (κ3) is 4.33. The Labute approximate surface area is 183 Å². The van der Waals surface area contributed by atoms with E-state index in [1.807, 2.05) is 20.8 Å². The molecule has 0 bridgehead atoms. The van der Waals surface area contributed by atoms with E-state index < -0.39 is 11.4 Å². The van der Waals surface area contributed by atoms with Crippen LogP contribution in [0.1, 0.15) is 20.8 Å². The Morgan fingerprint density at radius 2 is 1.94 bits per heavy atom. The van der Waals surface area contributed by atoms with Crippen LogP contribution in [0.3, 0.4) is 0 Å². The van der Waals surface area contributed by atoms with Crippen molar-refractivity contribution in [1.29, 1.82) is 0 Å². The molecule has 0 atom stereocenters. The minimum atomic E-state index is -0.527. The van der Waals surface area contributed by atoms with Crippen molar-refractivity contribution in [2.24, 2.45) is 0 Å². The summed E-state index contributed by atoms with van der Waals surface area (Å²) in [5.74, 6) is -0.0923. The second-order valence-corrected chi connectivity index (χ2v) is 8.98. The van der Waals surface area contributed by atoms with Crippen molar-refractivity contribution in [3.63, 3.8) is 0 Å². The number of rotatable bonds is 3. The van der Waals surface area contributed by atoms with Gasteiger partial charge in [-0.3, -0.25) is 18.7 Å². The summed E-state index contributed by atoms with van der Waals surface area (Å²) in [5.41, 5.74) is -0.327. The topological polar surface area (TPSA) is 87.9 Å². The maximum Gasteiger partial charge on any atom is 0.410 e. The highest BCUT2D eigenvalue weighted by atomic mass is 32.1. The van der Waals surface area contributed by atoms with Gasteiger partial charge >= 0.3 is 6.09 Å². The normalized spacial score (nSPS) is 15.7. The molecule has 1 amide bonds. The number of hydrogen-bond acceptors (Lipinski definition) is 6. The number of ether oxygens (including phenoxy) is 1. The van der Waals surface area contributed by atoms with Gasteiger partial charge in [-0.15, -0.1) is 5.10 Å². The standard InChI is InChI=1S/C20H25FN6O3S/c1-20(2,3)30-19(29)25-9-6-24(7-10-25)8-11-26-16(28)14-12-13(21)4-5-15(14)27-17(26)22-23-18(27)31/h4-5,12H,6-11H2,1-3H3,(H,23,31). The molecule has 0 spiro atoms. The molecule has 3 aromatic rings. The van der Waals surface area contributed by atoms with Gasteiger partial charge < -0.3 is 9.64 Å². The van der Waals surface area contributed by atoms with Gasteiger partial charge in [-0.05, 0) is 51.2 Å². The van der Waals surface area contributed by atoms with Crippen molar-refractivity contribution >= 4 is 35.0 Å². The lowest BCUT2D eigenvalue weighted by Gasteiger charge is -2.35. The van der Waals surface area contributed by atoms with Crippen LogP contribution in [-0.4, -0.2) is 73.4 Å². The number of aromatic nitrogens is 4. The zero-order valence-electron chi connectivity index (χ0n) is 17.7. The molecular formula is C20H25FN6O3S. The van der Waals surface area contributed by atoms with E-state index in [-0.39, 0.29) is 17.0 Å². The number of piperazine rings is 1. The van der Waals surface area contributed by atoms with Gasteiger partial charge in [0.05, 0.1) is 10.9 Å². The Morgan fingerprint density at radius 1 is 1.23 bits per heavy atom. The van der Waals surface area contributed by atoms with Gasteiger partial charge in [-0.25, -0.2) is 14.3 Å². The first-order valence-electron chi connectivity index (χ1n) is 10.1. The van der Waals surface area contributed by atoms with Crippen LogP contribution in [0.15, 0.2) is 23.0 Å². The monoisotopic (exact) mass is 448 g/mol. The van der Waals surface area contributed by atoms with Gasteiger partial charge in [0.25, 0.3) is 5.56 Å². The average Bonchev–Trinajstić information content (AvgIpc) is 3.08. The molecule has 31 heavy (non-hydrogen) atoms. The van der Waals surface area contributed by atoms with E-state index in [0.29, 0.717) is 55.3 Å². The molecule has 4 rings (SSSR count). The van der Waals surface area contributed by atoms with Crippen molar-refractivity contribution < 1.29 is 13.9 Å². The highest BCUT2D eigenvalue weighted by Crippen LogP contribution is 2.15. The number of carbonyl (C=O) groups is 1. The Balaban J connectivity index is 1.51. The van der Waals surface area contributed by atoms with Crippen molar-refractivity contribution in [3.05, 3.63) is 39.1 Å². The number of fused-ring (bicyclic) bond motifs is 3. The fourth-order valence-electron chi connectivity index (χ4n) is 3.72. The Morgan fingerprint density at radius 3 is 2.61 bits per heavy atom. The molecule has 1 N–H and O–H groups in total. The van der Waals surface area contributed by atoms with Crippen molar-refractivity contribution in [3.8, 4) is 0 Å². The zero-order chi connectivity index (χ0) is 22.3. The summed E-state index contributed by atoms with van der Waals surface area (Å²) in [6, 6.07) is 4.05. The number of halogens is 1. The quantitative estimate of drug-likeness (QED) is 0.619. The van der Waals surface area contributed by atoms with Crippen molar-refractivity contribution in [1.82, 2.24) is 29.0 Å². The number of benzene rings is 1. The number of carbonyl (C=O) groups excluding carboxylic acids is 1. The molecule has 1 fully saturated rings. The van der Waals surface area contributed by atoms with Crippen LogP contribution in [0.5, 0.6) is 0 Å². The summed E-state index contributed by atoms with van der Waals surface area (Å²) in [6.07, 6.45) is -0.312. The molecule has 1 aromatic carbocycles. The molecule has 9 nitrogen and oxygen atoms in total. The maximum atomic E-state index is 13.8. The number of amides is 1. The molecule has 0 aliphatic carbocycles. The molecule has 1 aliphatic rings. The van der Waals surface area contributed by atoms with Gasteiger partial charge in [0, 0.05) is 39.3 Å². The lowest BCUT2D eigenvalue weighted by Crippen LogP contribution is -2.50. The second-order valence-electron chi connectivity index (χ2n) is 8.59. The molecule has 11 heteroatoms. The van der Waals surface area contributed by atoms with Crippen molar-refractivity contribution in [2.45, 2.75) is 32.9 Å². The molecule has 0 radical (unpaired) electrons. The highest BCUT2D eigenvalue weighted by Gasteiger charge is 2.26. The van der Waals surface area contributed by atoms with E-state index in [4.69, 9.17) is 17.0 Å². The summed E-state index contributed by atoms with van der Waals surface area (Å²) >= 11 is 5.31. The van der Waals surface area contributed by atoms with Crippen LogP contribution >= 0.6 is 12.2 Å². The molecule has 166 valence electrons. The maximum absolute atomic E-state index is 13.8. The third-order valence-electron chi connectivity index (χ3n) is 5.23. The zero-order valence-corrected chi connectivity index (χ0v) is 18.5. The van der Waals surface area contributed by atoms with Gasteiger partial charge in [0.2, 0.25) is 10.5 Å². The molecule has 2 aromatic heterocycles. The fraction of sp³-hybridized carbons (Fsp3) is 0.500. The number of nitrogens with zero attached hydrogens (tertiary/aromatic N) is 5. The number of H-pyrrole nitrogens is 1. The summed E-state index contributed by atoms with van der Waals surface area (Å²) in [4.78, 5) is 29.1. The van der Waals surface area contributed by atoms with Crippen LogP contribution < -0.4 is 5.56 Å². The SMILES string of the molecule is CC(C)(C)OC(=O)N1CCN(CCn2c(=O)c3cc(F)ccc3n3c(=S)[nH]nc23)CC1. The number of hydrogen-bond donors (Lipinski definition) is 1. The van der Waals surface area contributed by atoms with Gasteiger partial charge in [-0.2, -0.15) is 0 Å². The number of nitrogens with one attached hydrogen (secondary N) is 1. The van der Waals surface area contributed by atoms with E-state index >= 15 is 0 Å². The van der Waals surface area contributed by atoms with Crippen LogP contribution in [-0.2, 0) is 11.3 Å². The summed E-state index contributed by atoms with van der Waals surface area (Å²) in [5, 5.41) is 7.18. The number of aromatic amines is 1. The van der Waals surface area contributed by atoms with E-state index in [1.165, 1.54) is 22.8 Å². The summed E-state index contributed by atoms with van der Waals surface area (Å²) in [6.45, 7) is 8.91. The lowest BCUT2D eigenvalue weighted by molar-refractivity contribution is 0.0143. The Kier molecular flexibility index (Phi) is 5.56. The van der Waals surface area contributed by atoms with E-state index in [1.54, 1.807) is 9.30 Å². The summed E-state index contributed by atoms with van der Waals surface area (Å²) in [7, 11) is 0. The average molecular weight is 449 g/mol. The fourth-order valence-corrected chi connectivity index (χ4v) is 3.95. The largest absolute Gasteiger partial charge is 0.444 e. The molecule has 0 unspecified atom stereocenters. The predicted octanol–water partition coefficient (Wildman–Crippen LogP) is 2.40. The minimum Gasteiger partial charge on any atom is -0.444 e. The Hall–Kier alpha value is -2.79. The van der Waals surface area contributed by atoms with Gasteiger partial charge in [0.15, 0.2) is 0 Å². The third-order valence-corrected chi connectivity index (χ3v) is 5.51. The summed E-state index contributed by atoms with van der Waals surface area (Å²) < 4.78 is 22.7. The molecule has 0 saturated carbocycles. The first-order chi connectivity index (χ1) is 14.6. The molecule has 1 saturated heterocycles. The van der Waals surface area contributed by atoms with E-state index in [0.717, 1.165) is 0 Å². The van der Waals surface area contributed by atoms with E-state index in [9.17, 15) is 14.0 Å². The van der Waals surface area contributed by atoms with Crippen LogP contribution in [0, 0.1) is 10.6 Å². The van der Waals surface area contributed by atoms with E-state index in [2.05, 4.69) is 15.1 Å². The molecule has 1 aliphatic heterocycles. The first-order valence-corrected chi connectivity index (χ1v) is 10.5. The van der Waals surface area contributed by atoms with Crippen LogP contribution in [0.4, 0.5) is 9.18 Å². The molecular weight excluding hydrogens is 423 g/mol. The first kappa shape index (κ1) is 21.4. The second kappa shape index (κ2) is 8.04. The Bertz CT molecular complexity index is 1250. The highest BCUT2D eigenvalue weighted by molar-refractivity contribution is 7.71. The lowest BCUT2D eigenvalue weighted by atomic mass is 10.2. The van der Waals surface area contributed by atoms with Crippen LogP contribution in [0.2, 0.25) is 0 Å². The minimum absolute atomic E-state index is 0.250. The van der Waals surface area contributed by atoms with Crippen LogP contribution in [0.25, 0.3) is 16.7 Å². The predicted molar refractivity (Wildman–Crippen MR) is 116 cm³/mol.